The number of terminal acetylenes is 1. The van der Waals surface area contributed by atoms with Crippen LogP contribution in [0.1, 0.15) is 33.1 Å². The lowest BCUT2D eigenvalue weighted by Gasteiger charge is -2.32. The first-order chi connectivity index (χ1) is 6.23. The van der Waals surface area contributed by atoms with Gasteiger partial charge in [-0.2, -0.15) is 11.8 Å². The van der Waals surface area contributed by atoms with E-state index in [0.29, 0.717) is 10.8 Å². The summed E-state index contributed by atoms with van der Waals surface area (Å²) < 4.78 is 0.377. The van der Waals surface area contributed by atoms with Crippen molar-refractivity contribution < 1.29 is 0 Å². The second kappa shape index (κ2) is 4.93. The normalized spacial score (nSPS) is 29.9. The molecule has 0 aromatic carbocycles. The van der Waals surface area contributed by atoms with Crippen LogP contribution in [0.4, 0.5) is 0 Å². The van der Waals surface area contributed by atoms with Gasteiger partial charge in [0.25, 0.3) is 0 Å². The molecule has 2 atom stereocenters. The Balaban J connectivity index is 2.56. The number of hydrogen-bond donors (Lipinski definition) is 1. The van der Waals surface area contributed by atoms with Gasteiger partial charge in [0.2, 0.25) is 0 Å². The summed E-state index contributed by atoms with van der Waals surface area (Å²) in [5, 5.41) is 3.50. The van der Waals surface area contributed by atoms with E-state index < -0.39 is 0 Å². The van der Waals surface area contributed by atoms with E-state index in [1.807, 2.05) is 0 Å². The van der Waals surface area contributed by atoms with Crippen LogP contribution in [0, 0.1) is 12.3 Å². The van der Waals surface area contributed by atoms with Crippen molar-refractivity contribution in [3.8, 4) is 12.3 Å². The third-order valence-electron chi connectivity index (χ3n) is 2.76. The highest BCUT2D eigenvalue weighted by Gasteiger charge is 2.36. The van der Waals surface area contributed by atoms with Crippen molar-refractivity contribution in [2.45, 2.75) is 43.9 Å². The van der Waals surface area contributed by atoms with Gasteiger partial charge < -0.3 is 5.32 Å². The molecule has 0 radical (unpaired) electrons. The highest BCUT2D eigenvalue weighted by Crippen LogP contribution is 2.41. The standard InChI is InChI=1S/C11H19NS/c1-4-7-10(12-5-2)11(3)8-6-9-13-11/h1,10,12H,5-9H2,2-3H3. The molecule has 1 heterocycles. The Morgan fingerprint density at radius 3 is 2.92 bits per heavy atom. The van der Waals surface area contributed by atoms with Gasteiger partial charge in [-0.3, -0.25) is 0 Å². The largest absolute Gasteiger partial charge is 0.312 e. The lowest BCUT2D eigenvalue weighted by Crippen LogP contribution is -2.44. The summed E-state index contributed by atoms with van der Waals surface area (Å²) >= 11 is 2.07. The van der Waals surface area contributed by atoms with E-state index >= 15 is 0 Å². The molecule has 0 aromatic heterocycles. The SMILES string of the molecule is C#CCC(NCC)C1(C)CCCS1. The van der Waals surface area contributed by atoms with Gasteiger partial charge in [0.05, 0.1) is 0 Å². The lowest BCUT2D eigenvalue weighted by molar-refractivity contribution is 0.415. The van der Waals surface area contributed by atoms with Gasteiger partial charge in [-0.15, -0.1) is 12.3 Å². The fraction of sp³-hybridized carbons (Fsp3) is 0.818. The number of nitrogens with one attached hydrogen (secondary N) is 1. The molecule has 1 saturated heterocycles. The molecule has 74 valence electrons. The molecule has 0 spiro atoms. The molecule has 1 N–H and O–H groups in total. The van der Waals surface area contributed by atoms with Gasteiger partial charge >= 0.3 is 0 Å². The van der Waals surface area contributed by atoms with Gasteiger partial charge in [0, 0.05) is 17.2 Å². The third kappa shape index (κ3) is 2.65. The zero-order valence-corrected chi connectivity index (χ0v) is 9.41. The Bertz CT molecular complexity index is 189. The summed E-state index contributed by atoms with van der Waals surface area (Å²) in [5.74, 6) is 4.07. The smallest absolute Gasteiger partial charge is 0.0321 e. The highest BCUT2D eigenvalue weighted by atomic mass is 32.2. The van der Waals surface area contributed by atoms with E-state index in [4.69, 9.17) is 6.42 Å². The molecule has 1 aliphatic heterocycles. The van der Waals surface area contributed by atoms with E-state index in [0.717, 1.165) is 13.0 Å². The van der Waals surface area contributed by atoms with Gasteiger partial charge in [0.15, 0.2) is 0 Å². The predicted octanol–water partition coefficient (Wildman–Crippen LogP) is 2.27. The van der Waals surface area contributed by atoms with Crippen LogP contribution < -0.4 is 5.32 Å². The number of rotatable bonds is 4. The van der Waals surface area contributed by atoms with Crippen molar-refractivity contribution in [2.75, 3.05) is 12.3 Å². The molecule has 2 unspecified atom stereocenters. The third-order valence-corrected chi connectivity index (χ3v) is 4.40. The minimum Gasteiger partial charge on any atom is -0.312 e. The monoisotopic (exact) mass is 197 g/mol. The van der Waals surface area contributed by atoms with Crippen LogP contribution in [0.5, 0.6) is 0 Å². The molecule has 0 amide bonds. The van der Waals surface area contributed by atoms with Crippen LogP contribution in [0.25, 0.3) is 0 Å². The summed E-state index contributed by atoms with van der Waals surface area (Å²) in [6.07, 6.45) is 8.89. The average Bonchev–Trinajstić information content (AvgIpc) is 2.53. The van der Waals surface area contributed by atoms with E-state index in [1.54, 1.807) is 0 Å². The van der Waals surface area contributed by atoms with E-state index in [-0.39, 0.29) is 0 Å². The Morgan fingerprint density at radius 1 is 1.69 bits per heavy atom. The van der Waals surface area contributed by atoms with E-state index in [2.05, 4.69) is 36.8 Å². The Kier molecular flexibility index (Phi) is 4.15. The van der Waals surface area contributed by atoms with Crippen LogP contribution in [-0.4, -0.2) is 23.1 Å². The van der Waals surface area contributed by atoms with Crippen LogP contribution in [0.15, 0.2) is 0 Å². The van der Waals surface area contributed by atoms with Crippen LogP contribution in [0.3, 0.4) is 0 Å². The first kappa shape index (κ1) is 10.9. The topological polar surface area (TPSA) is 12.0 Å². The van der Waals surface area contributed by atoms with Crippen molar-refractivity contribution >= 4 is 11.8 Å². The molecule has 1 nitrogen and oxygen atoms in total. The summed E-state index contributed by atoms with van der Waals surface area (Å²) in [4.78, 5) is 0. The molecule has 0 bridgehead atoms. The first-order valence-corrected chi connectivity index (χ1v) is 6.02. The van der Waals surface area contributed by atoms with Gasteiger partial charge in [-0.1, -0.05) is 6.92 Å². The highest BCUT2D eigenvalue weighted by molar-refractivity contribution is 8.00. The lowest BCUT2D eigenvalue weighted by atomic mass is 9.94. The summed E-state index contributed by atoms with van der Waals surface area (Å²) in [6, 6.07) is 0.495. The predicted molar refractivity (Wildman–Crippen MR) is 61.0 cm³/mol. The Hall–Kier alpha value is -0.130. The van der Waals surface area contributed by atoms with Crippen molar-refractivity contribution in [3.05, 3.63) is 0 Å². The van der Waals surface area contributed by atoms with Gasteiger partial charge in [-0.05, 0) is 32.1 Å². The average molecular weight is 197 g/mol. The maximum absolute atomic E-state index is 5.39. The zero-order chi connectivity index (χ0) is 9.73. The van der Waals surface area contributed by atoms with Crippen LogP contribution >= 0.6 is 11.8 Å². The van der Waals surface area contributed by atoms with Gasteiger partial charge in [-0.25, -0.2) is 0 Å². The second-order valence-electron chi connectivity index (χ2n) is 3.78. The fourth-order valence-corrected chi connectivity index (χ4v) is 3.36. The van der Waals surface area contributed by atoms with Crippen molar-refractivity contribution in [2.24, 2.45) is 0 Å². The van der Waals surface area contributed by atoms with Crippen molar-refractivity contribution in [3.63, 3.8) is 0 Å². The molecule has 0 saturated carbocycles. The molecule has 1 aliphatic rings. The number of thioether (sulfide) groups is 1. The molecule has 1 rings (SSSR count). The zero-order valence-electron chi connectivity index (χ0n) is 8.60. The number of hydrogen-bond acceptors (Lipinski definition) is 2. The Morgan fingerprint density at radius 2 is 2.46 bits per heavy atom. The Labute approximate surface area is 86.1 Å². The first-order valence-electron chi connectivity index (χ1n) is 5.03. The summed E-state index contributed by atoms with van der Waals surface area (Å²) in [7, 11) is 0. The minimum atomic E-state index is 0.377. The van der Waals surface area contributed by atoms with E-state index in [9.17, 15) is 0 Å². The molecule has 1 fully saturated rings. The van der Waals surface area contributed by atoms with Crippen molar-refractivity contribution in [1.82, 2.24) is 5.32 Å². The maximum atomic E-state index is 5.39. The van der Waals surface area contributed by atoms with E-state index in [1.165, 1.54) is 18.6 Å². The van der Waals surface area contributed by atoms with Crippen LogP contribution in [-0.2, 0) is 0 Å². The molecule has 2 heteroatoms. The maximum Gasteiger partial charge on any atom is 0.0321 e. The van der Waals surface area contributed by atoms with Crippen LogP contribution in [0.2, 0.25) is 0 Å². The summed E-state index contributed by atoms with van der Waals surface area (Å²) in [6.45, 7) is 5.50. The molecule has 13 heavy (non-hydrogen) atoms. The second-order valence-corrected chi connectivity index (χ2v) is 5.41. The molecule has 0 aromatic rings. The molecular formula is C11H19NS. The van der Waals surface area contributed by atoms with Crippen molar-refractivity contribution in [1.29, 1.82) is 0 Å². The van der Waals surface area contributed by atoms with Gasteiger partial charge in [0.1, 0.15) is 0 Å². The molecular weight excluding hydrogens is 178 g/mol. The molecule has 0 aliphatic carbocycles. The quantitative estimate of drug-likeness (QED) is 0.694. The fourth-order valence-electron chi connectivity index (χ4n) is 1.94. The minimum absolute atomic E-state index is 0.377. The summed E-state index contributed by atoms with van der Waals surface area (Å²) in [5.41, 5.74) is 0.